The van der Waals surface area contributed by atoms with Crippen molar-refractivity contribution < 1.29 is 14.4 Å². The maximum absolute atomic E-state index is 13.1. The molecule has 2 aliphatic rings. The molecule has 0 bridgehead atoms. The highest BCUT2D eigenvalue weighted by molar-refractivity contribution is 8.27. The van der Waals surface area contributed by atoms with E-state index in [1.807, 2.05) is 25.1 Å². The molecule has 1 fully saturated rings. The molecule has 6 nitrogen and oxygen atoms in total. The number of carbonyl (C=O) groups is 3. The molecular formula is C20H15N3O3S2. The van der Waals surface area contributed by atoms with Gasteiger partial charge in [-0.25, -0.2) is 0 Å². The highest BCUT2D eigenvalue weighted by Gasteiger charge is 2.39. The summed E-state index contributed by atoms with van der Waals surface area (Å²) in [6.45, 7) is 1.78. The van der Waals surface area contributed by atoms with Crippen LogP contribution in [0, 0.1) is 6.92 Å². The fraction of sp³-hybridized carbons (Fsp3) is 0.100. The third-order valence-electron chi connectivity index (χ3n) is 4.37. The number of aryl methyl sites for hydroxylation is 1. The van der Waals surface area contributed by atoms with E-state index >= 15 is 0 Å². The second-order valence-electron chi connectivity index (χ2n) is 6.37. The van der Waals surface area contributed by atoms with E-state index in [0.29, 0.717) is 21.3 Å². The molecule has 0 atom stereocenters. The van der Waals surface area contributed by atoms with Crippen LogP contribution in [0.5, 0.6) is 0 Å². The molecule has 2 N–H and O–H groups in total. The summed E-state index contributed by atoms with van der Waals surface area (Å²) in [6, 6.07) is 14.5. The van der Waals surface area contributed by atoms with Crippen molar-refractivity contribution >= 4 is 63.0 Å². The van der Waals surface area contributed by atoms with Crippen LogP contribution in [0.3, 0.4) is 0 Å². The topological polar surface area (TPSA) is 78.5 Å². The molecule has 0 unspecified atom stereocenters. The van der Waals surface area contributed by atoms with Gasteiger partial charge in [0.25, 0.3) is 11.8 Å². The zero-order valence-electron chi connectivity index (χ0n) is 14.8. The van der Waals surface area contributed by atoms with Crippen molar-refractivity contribution in [3.05, 3.63) is 64.6 Å². The lowest BCUT2D eigenvalue weighted by Crippen LogP contribution is -2.35. The fourth-order valence-electron chi connectivity index (χ4n) is 3.20. The average molecular weight is 409 g/mol. The third kappa shape index (κ3) is 3.32. The number of nitrogens with one attached hydrogen (secondary N) is 2. The SMILES string of the molecule is Cc1cccc(NC(=O)CN2C(=O)/C(=C3\SC(=S)NC3=O)c3ccccc32)c1. The Hall–Kier alpha value is -2.97. The zero-order chi connectivity index (χ0) is 19.8. The van der Waals surface area contributed by atoms with Crippen molar-refractivity contribution in [2.75, 3.05) is 16.8 Å². The van der Waals surface area contributed by atoms with E-state index < -0.39 is 0 Å². The first-order valence-corrected chi connectivity index (χ1v) is 9.72. The minimum atomic E-state index is -0.390. The summed E-state index contributed by atoms with van der Waals surface area (Å²) in [7, 11) is 0. The zero-order valence-corrected chi connectivity index (χ0v) is 16.4. The van der Waals surface area contributed by atoms with Crippen molar-refractivity contribution in [1.82, 2.24) is 5.32 Å². The third-order valence-corrected chi connectivity index (χ3v) is 5.60. The van der Waals surface area contributed by atoms with Crippen LogP contribution in [0.1, 0.15) is 11.1 Å². The van der Waals surface area contributed by atoms with Crippen molar-refractivity contribution in [1.29, 1.82) is 0 Å². The van der Waals surface area contributed by atoms with Gasteiger partial charge in [0, 0.05) is 11.3 Å². The Bertz CT molecular complexity index is 1080. The smallest absolute Gasteiger partial charge is 0.264 e. The lowest BCUT2D eigenvalue weighted by atomic mass is 10.1. The quantitative estimate of drug-likeness (QED) is 0.602. The number of amides is 3. The lowest BCUT2D eigenvalue weighted by molar-refractivity contribution is -0.118. The highest BCUT2D eigenvalue weighted by Crippen LogP contribution is 2.42. The molecule has 0 radical (unpaired) electrons. The number of rotatable bonds is 3. The number of para-hydroxylation sites is 1. The van der Waals surface area contributed by atoms with Gasteiger partial charge in [0.2, 0.25) is 5.91 Å². The number of hydrogen-bond acceptors (Lipinski definition) is 5. The van der Waals surface area contributed by atoms with Gasteiger partial charge in [-0.05, 0) is 30.7 Å². The molecule has 2 aliphatic heterocycles. The van der Waals surface area contributed by atoms with Gasteiger partial charge in [-0.3, -0.25) is 19.3 Å². The molecule has 0 aliphatic carbocycles. The summed E-state index contributed by atoms with van der Waals surface area (Å²) in [4.78, 5) is 39.5. The van der Waals surface area contributed by atoms with Crippen LogP contribution in [-0.2, 0) is 14.4 Å². The Balaban J connectivity index is 1.64. The Kier molecular flexibility index (Phi) is 4.74. The van der Waals surface area contributed by atoms with Crippen molar-refractivity contribution in [3.8, 4) is 0 Å². The van der Waals surface area contributed by atoms with Crippen LogP contribution in [0.15, 0.2) is 53.4 Å². The van der Waals surface area contributed by atoms with Gasteiger partial charge in [-0.2, -0.15) is 0 Å². The van der Waals surface area contributed by atoms with Gasteiger partial charge >= 0.3 is 0 Å². The molecular weight excluding hydrogens is 394 g/mol. The Morgan fingerprint density at radius 3 is 2.68 bits per heavy atom. The van der Waals surface area contributed by atoms with Gasteiger partial charge in [-0.1, -0.05) is 54.3 Å². The van der Waals surface area contributed by atoms with Crippen molar-refractivity contribution in [2.45, 2.75) is 6.92 Å². The molecule has 140 valence electrons. The number of anilines is 2. The Labute approximate surface area is 171 Å². The average Bonchev–Trinajstić information content (AvgIpc) is 3.11. The first-order chi connectivity index (χ1) is 13.4. The molecule has 2 aromatic carbocycles. The first-order valence-electron chi connectivity index (χ1n) is 8.49. The maximum Gasteiger partial charge on any atom is 0.264 e. The molecule has 3 amide bonds. The van der Waals surface area contributed by atoms with Crippen LogP contribution in [0.4, 0.5) is 11.4 Å². The predicted molar refractivity (Wildman–Crippen MR) is 114 cm³/mol. The van der Waals surface area contributed by atoms with Crippen LogP contribution in [-0.4, -0.2) is 28.6 Å². The number of benzene rings is 2. The van der Waals surface area contributed by atoms with Crippen LogP contribution in [0.25, 0.3) is 5.57 Å². The predicted octanol–water partition coefficient (Wildman–Crippen LogP) is 2.84. The monoisotopic (exact) mass is 409 g/mol. The number of thioether (sulfide) groups is 1. The summed E-state index contributed by atoms with van der Waals surface area (Å²) >= 11 is 6.10. The van der Waals surface area contributed by atoms with Gasteiger partial charge in [0.1, 0.15) is 10.9 Å². The number of fused-ring (bicyclic) bond motifs is 1. The summed E-state index contributed by atoms with van der Waals surface area (Å²) in [5.41, 5.74) is 3.19. The van der Waals surface area contributed by atoms with Crippen LogP contribution in [0.2, 0.25) is 0 Å². The Morgan fingerprint density at radius 2 is 1.96 bits per heavy atom. The largest absolute Gasteiger partial charge is 0.325 e. The Morgan fingerprint density at radius 1 is 1.18 bits per heavy atom. The van der Waals surface area contributed by atoms with Gasteiger partial charge in [0.05, 0.1) is 16.2 Å². The minimum absolute atomic E-state index is 0.155. The molecule has 8 heteroatoms. The highest BCUT2D eigenvalue weighted by atomic mass is 32.2. The van der Waals surface area contributed by atoms with Crippen molar-refractivity contribution in [3.63, 3.8) is 0 Å². The summed E-state index contributed by atoms with van der Waals surface area (Å²) < 4.78 is 0.313. The molecule has 1 saturated heterocycles. The minimum Gasteiger partial charge on any atom is -0.325 e. The standard InChI is InChI=1S/C20H15N3O3S2/c1-11-5-4-6-12(9-11)21-15(24)10-23-14-8-3-2-7-13(14)16(19(23)26)17-18(25)22-20(27)28-17/h2-9H,10H2,1H3,(H,21,24)(H,22,25,27)/b17-16-. The van der Waals surface area contributed by atoms with E-state index in [1.54, 1.807) is 30.3 Å². The number of nitrogens with zero attached hydrogens (tertiary/aromatic N) is 1. The molecule has 0 aromatic heterocycles. The second-order valence-corrected chi connectivity index (χ2v) is 8.06. The summed E-state index contributed by atoms with van der Waals surface area (Å²) in [6.07, 6.45) is 0. The molecule has 0 saturated carbocycles. The van der Waals surface area contributed by atoms with Crippen LogP contribution >= 0.6 is 24.0 Å². The number of carbonyl (C=O) groups excluding carboxylic acids is 3. The van der Waals surface area contributed by atoms with E-state index in [-0.39, 0.29) is 34.7 Å². The normalized spacial score (nSPS) is 18.3. The molecule has 28 heavy (non-hydrogen) atoms. The fourth-order valence-corrected chi connectivity index (χ4v) is 4.32. The maximum atomic E-state index is 13.1. The summed E-state index contributed by atoms with van der Waals surface area (Å²) in [5.74, 6) is -1.10. The van der Waals surface area contributed by atoms with Gasteiger partial charge in [0.15, 0.2) is 0 Å². The molecule has 4 rings (SSSR count). The van der Waals surface area contributed by atoms with Crippen molar-refractivity contribution in [2.24, 2.45) is 0 Å². The van der Waals surface area contributed by atoms with Crippen LogP contribution < -0.4 is 15.5 Å². The lowest BCUT2D eigenvalue weighted by Gasteiger charge is -2.17. The van der Waals surface area contributed by atoms with E-state index in [4.69, 9.17) is 12.2 Å². The first kappa shape index (κ1) is 18.4. The number of thiocarbonyl (C=S) groups is 1. The van der Waals surface area contributed by atoms with E-state index in [2.05, 4.69) is 10.6 Å². The summed E-state index contributed by atoms with van der Waals surface area (Å²) in [5, 5.41) is 5.34. The van der Waals surface area contributed by atoms with E-state index in [0.717, 1.165) is 17.3 Å². The number of hydrogen-bond donors (Lipinski definition) is 2. The molecule has 0 spiro atoms. The van der Waals surface area contributed by atoms with Gasteiger partial charge < -0.3 is 10.6 Å². The molecule has 2 aromatic rings. The van der Waals surface area contributed by atoms with Gasteiger partial charge in [-0.15, -0.1) is 0 Å². The molecule has 2 heterocycles. The van der Waals surface area contributed by atoms with E-state index in [9.17, 15) is 14.4 Å². The van der Waals surface area contributed by atoms with E-state index in [1.165, 1.54) is 4.90 Å². The second kappa shape index (κ2) is 7.21.